The molecule has 0 heterocycles. The van der Waals surface area contributed by atoms with E-state index in [2.05, 4.69) is 25.1 Å². The maximum atomic E-state index is 12.9. The highest BCUT2D eigenvalue weighted by Crippen LogP contribution is 2.21. The predicted molar refractivity (Wildman–Crippen MR) is 147 cm³/mol. The van der Waals surface area contributed by atoms with Gasteiger partial charge in [0.05, 0.1) is 18.4 Å². The molecule has 0 saturated carbocycles. The van der Waals surface area contributed by atoms with Crippen LogP contribution >= 0.6 is 0 Å². The van der Waals surface area contributed by atoms with Gasteiger partial charge in [-0.3, -0.25) is 9.35 Å². The first-order valence-corrected chi connectivity index (χ1v) is 15.1. The zero-order valence-electron chi connectivity index (χ0n) is 22.0. The molecule has 0 bridgehead atoms. The number of nitrogens with zero attached hydrogens (tertiary/aromatic N) is 1. The number of hydrogen-bond donors (Lipinski definition) is 3. The van der Waals surface area contributed by atoms with E-state index in [4.69, 9.17) is 4.74 Å². The fourth-order valence-corrected chi connectivity index (χ4v) is 5.65. The molecular formula is C25H34N2O10S2. The standard InChI is InChI=1S/C25H34N2O10S2/c1-7-19-10-8-9-11-21(19)18(5)22(28)26-23(39(34,35)36)17(4)14-27(25(30)31)20(15-38(6,32)33)12-13-37-24(29)16(2)3/h7-11,17,20,23H,1-2,5,12-15H2,3-4,6H3,(H,26,28)(H,30,31)(H,34,35,36). The molecule has 216 valence electrons. The largest absolute Gasteiger partial charge is 0.465 e. The SMILES string of the molecule is C=Cc1ccccc1C(=C)C(=O)NC(C(C)CN(C(=O)O)C(CCOC(=O)C(=C)C)CS(C)(=O)=O)S(=O)(=O)O. The minimum atomic E-state index is -4.97. The molecule has 1 aromatic carbocycles. The highest BCUT2D eigenvalue weighted by Gasteiger charge is 2.36. The number of nitrogens with one attached hydrogen (secondary N) is 1. The first-order valence-electron chi connectivity index (χ1n) is 11.6. The second kappa shape index (κ2) is 14.1. The van der Waals surface area contributed by atoms with Crippen molar-refractivity contribution < 1.29 is 45.6 Å². The molecule has 0 aliphatic rings. The lowest BCUT2D eigenvalue weighted by molar-refractivity contribution is -0.139. The molecule has 0 aliphatic heterocycles. The molecule has 0 spiro atoms. The van der Waals surface area contributed by atoms with Crippen molar-refractivity contribution in [3.05, 3.63) is 60.7 Å². The Morgan fingerprint density at radius 1 is 1.15 bits per heavy atom. The van der Waals surface area contributed by atoms with Crippen molar-refractivity contribution in [2.75, 3.05) is 25.2 Å². The summed E-state index contributed by atoms with van der Waals surface area (Å²) in [6.45, 7) is 12.5. The molecular weight excluding hydrogens is 552 g/mol. The number of esters is 1. The van der Waals surface area contributed by atoms with Crippen molar-refractivity contribution in [1.82, 2.24) is 10.2 Å². The number of sulfone groups is 1. The molecule has 39 heavy (non-hydrogen) atoms. The van der Waals surface area contributed by atoms with Gasteiger partial charge < -0.3 is 20.1 Å². The van der Waals surface area contributed by atoms with Crippen LogP contribution in [0, 0.1) is 5.92 Å². The van der Waals surface area contributed by atoms with Crippen LogP contribution in [-0.4, -0.2) is 85.9 Å². The number of carbonyl (C=O) groups excluding carboxylic acids is 2. The summed E-state index contributed by atoms with van der Waals surface area (Å²) in [5, 5.41) is 10.0. The van der Waals surface area contributed by atoms with Gasteiger partial charge in [-0.2, -0.15) is 8.42 Å². The van der Waals surface area contributed by atoms with E-state index in [1.54, 1.807) is 24.3 Å². The lowest BCUT2D eigenvalue weighted by Gasteiger charge is -2.33. The van der Waals surface area contributed by atoms with Crippen LogP contribution in [0.3, 0.4) is 0 Å². The van der Waals surface area contributed by atoms with E-state index in [1.807, 2.05) is 0 Å². The summed E-state index contributed by atoms with van der Waals surface area (Å²) in [5.74, 6) is -3.62. The zero-order valence-corrected chi connectivity index (χ0v) is 23.6. The minimum Gasteiger partial charge on any atom is -0.465 e. The first kappa shape index (κ1) is 33.5. The quantitative estimate of drug-likeness (QED) is 0.156. The number of benzene rings is 1. The van der Waals surface area contributed by atoms with Crippen LogP contribution in [0.4, 0.5) is 4.79 Å². The average molecular weight is 587 g/mol. The monoisotopic (exact) mass is 586 g/mol. The molecule has 0 radical (unpaired) electrons. The Hall–Kier alpha value is -3.49. The molecule has 0 aromatic heterocycles. The molecule has 14 heteroatoms. The molecule has 2 amide bonds. The van der Waals surface area contributed by atoms with Gasteiger partial charge >= 0.3 is 12.1 Å². The van der Waals surface area contributed by atoms with Crippen molar-refractivity contribution in [3.8, 4) is 0 Å². The fourth-order valence-electron chi connectivity index (χ4n) is 3.68. The van der Waals surface area contributed by atoms with Gasteiger partial charge in [-0.15, -0.1) is 0 Å². The minimum absolute atomic E-state index is 0.0856. The molecule has 12 nitrogen and oxygen atoms in total. The van der Waals surface area contributed by atoms with Crippen molar-refractivity contribution in [3.63, 3.8) is 0 Å². The maximum absolute atomic E-state index is 12.9. The van der Waals surface area contributed by atoms with Crippen molar-refractivity contribution >= 4 is 49.6 Å². The highest BCUT2D eigenvalue weighted by atomic mass is 32.2. The van der Waals surface area contributed by atoms with E-state index < -0.39 is 67.6 Å². The summed E-state index contributed by atoms with van der Waals surface area (Å²) < 4.78 is 63.3. The lowest BCUT2D eigenvalue weighted by Crippen LogP contribution is -2.52. The highest BCUT2D eigenvalue weighted by molar-refractivity contribution is 7.90. The predicted octanol–water partition coefficient (Wildman–Crippen LogP) is 2.21. The third kappa shape index (κ3) is 10.7. The van der Waals surface area contributed by atoms with Crippen LogP contribution < -0.4 is 5.32 Å². The Kier molecular flexibility index (Phi) is 12.1. The van der Waals surface area contributed by atoms with Crippen LogP contribution in [-0.2, 0) is 34.3 Å². The molecule has 1 aromatic rings. The Morgan fingerprint density at radius 3 is 2.23 bits per heavy atom. The van der Waals surface area contributed by atoms with E-state index in [1.165, 1.54) is 19.9 Å². The van der Waals surface area contributed by atoms with Crippen LogP contribution in [0.25, 0.3) is 11.6 Å². The molecule has 0 saturated heterocycles. The second-order valence-electron chi connectivity index (χ2n) is 9.04. The van der Waals surface area contributed by atoms with E-state index >= 15 is 0 Å². The second-order valence-corrected chi connectivity index (χ2v) is 12.8. The van der Waals surface area contributed by atoms with Gasteiger partial charge in [0, 0.05) is 36.3 Å². The molecule has 3 N–H and O–H groups in total. The number of ether oxygens (including phenoxy) is 1. The fraction of sp³-hybridized carbons (Fsp3) is 0.400. The molecule has 0 fully saturated rings. The smallest absolute Gasteiger partial charge is 0.407 e. The van der Waals surface area contributed by atoms with Gasteiger partial charge in [-0.1, -0.05) is 57.0 Å². The van der Waals surface area contributed by atoms with Gasteiger partial charge in [0.15, 0.2) is 5.37 Å². The Morgan fingerprint density at radius 2 is 1.74 bits per heavy atom. The summed E-state index contributed by atoms with van der Waals surface area (Å²) in [6.07, 6.45) is 0.531. The number of amides is 2. The average Bonchev–Trinajstić information content (AvgIpc) is 2.82. The number of rotatable bonds is 15. The van der Waals surface area contributed by atoms with Gasteiger partial charge in [-0.05, 0) is 18.1 Å². The van der Waals surface area contributed by atoms with Crippen LogP contribution in [0.15, 0.2) is 49.6 Å². The van der Waals surface area contributed by atoms with E-state index in [0.717, 1.165) is 6.26 Å². The number of carbonyl (C=O) groups is 3. The molecule has 1 rings (SSSR count). The van der Waals surface area contributed by atoms with E-state index in [-0.39, 0.29) is 24.2 Å². The summed E-state index contributed by atoms with van der Waals surface area (Å²) in [5.41, 5.74) is 0.858. The van der Waals surface area contributed by atoms with Crippen molar-refractivity contribution in [2.45, 2.75) is 31.7 Å². The molecule has 3 atom stereocenters. The van der Waals surface area contributed by atoms with Crippen molar-refractivity contribution in [2.24, 2.45) is 5.92 Å². The van der Waals surface area contributed by atoms with Crippen LogP contribution in [0.2, 0.25) is 0 Å². The molecule has 0 aliphatic carbocycles. The number of carboxylic acid groups (broad SMARTS) is 1. The summed E-state index contributed by atoms with van der Waals surface area (Å²) in [7, 11) is -8.71. The van der Waals surface area contributed by atoms with Gasteiger partial charge in [0.2, 0.25) is 0 Å². The van der Waals surface area contributed by atoms with E-state index in [9.17, 15) is 40.9 Å². The Labute approximate surface area is 228 Å². The molecule has 3 unspecified atom stereocenters. The Bertz CT molecular complexity index is 1340. The summed E-state index contributed by atoms with van der Waals surface area (Å²) in [4.78, 5) is 37.3. The van der Waals surface area contributed by atoms with Crippen LogP contribution in [0.5, 0.6) is 0 Å². The third-order valence-electron chi connectivity index (χ3n) is 5.59. The first-order chi connectivity index (χ1) is 17.9. The van der Waals surface area contributed by atoms with Crippen molar-refractivity contribution in [1.29, 1.82) is 0 Å². The van der Waals surface area contributed by atoms with Gasteiger partial charge in [0.1, 0.15) is 9.84 Å². The topological polar surface area (TPSA) is 184 Å². The van der Waals surface area contributed by atoms with Crippen LogP contribution in [0.1, 0.15) is 31.4 Å². The summed E-state index contributed by atoms with van der Waals surface area (Å²) >= 11 is 0. The Balaban J connectivity index is 3.24. The zero-order chi connectivity index (χ0) is 30.1. The third-order valence-corrected chi connectivity index (χ3v) is 7.80. The normalized spacial score (nSPS) is 13.8. The van der Waals surface area contributed by atoms with Gasteiger partial charge in [-0.25, -0.2) is 18.0 Å². The number of hydrogen-bond acceptors (Lipinski definition) is 8. The van der Waals surface area contributed by atoms with Gasteiger partial charge in [0.25, 0.3) is 16.0 Å². The van der Waals surface area contributed by atoms with E-state index in [0.29, 0.717) is 16.0 Å². The summed E-state index contributed by atoms with van der Waals surface area (Å²) in [6, 6.07) is 5.30. The maximum Gasteiger partial charge on any atom is 0.407 e. The lowest BCUT2D eigenvalue weighted by atomic mass is 10.00.